The highest BCUT2D eigenvalue weighted by Crippen LogP contribution is 2.34. The molecule has 4 nitrogen and oxygen atoms in total. The number of fused-ring (bicyclic) bond motifs is 1. The molecule has 1 aliphatic carbocycles. The van der Waals surface area contributed by atoms with Crippen molar-refractivity contribution in [1.82, 2.24) is 10.3 Å². The molecule has 1 amide bonds. The molecule has 0 saturated heterocycles. The van der Waals surface area contributed by atoms with Crippen molar-refractivity contribution in [2.24, 2.45) is 5.92 Å². The summed E-state index contributed by atoms with van der Waals surface area (Å²) >= 11 is 1.37. The van der Waals surface area contributed by atoms with Crippen LogP contribution in [-0.4, -0.2) is 17.4 Å². The molecule has 2 heterocycles. The first-order valence-electron chi connectivity index (χ1n) is 6.58. The molecule has 5 heteroatoms. The predicted molar refractivity (Wildman–Crippen MR) is 78.4 cm³/mol. The number of rotatable bonds is 4. The van der Waals surface area contributed by atoms with Gasteiger partial charge in [-0.05, 0) is 30.9 Å². The van der Waals surface area contributed by atoms with Gasteiger partial charge in [-0.3, -0.25) is 4.79 Å². The zero-order chi connectivity index (χ0) is 13.4. The molecule has 0 atom stereocenters. The van der Waals surface area contributed by atoms with Gasteiger partial charge in [0.15, 0.2) is 0 Å². The third-order valence-corrected chi connectivity index (χ3v) is 4.69. The fraction of sp³-hybridized carbons (Fsp3) is 0.429. The lowest BCUT2D eigenvalue weighted by atomic mass is 10.2. The standard InChI is InChI=1S/C14H17N3OS/c1-8-4-6-17-14-10(8)11(15)12(19-14)13(18)16-7-5-9-2-3-9/h4,6,9H,2-3,5,7,15H2,1H3,(H,16,18). The molecule has 0 unspecified atom stereocenters. The quantitative estimate of drug-likeness (QED) is 0.901. The summed E-state index contributed by atoms with van der Waals surface area (Å²) in [6.45, 7) is 2.73. The minimum atomic E-state index is -0.0689. The van der Waals surface area contributed by atoms with E-state index in [9.17, 15) is 4.79 Å². The number of nitrogens with one attached hydrogen (secondary N) is 1. The van der Waals surface area contributed by atoms with Crippen LogP contribution in [0.2, 0.25) is 0 Å². The van der Waals surface area contributed by atoms with Crippen molar-refractivity contribution in [3.05, 3.63) is 22.7 Å². The molecule has 1 aliphatic rings. The van der Waals surface area contributed by atoms with E-state index in [0.29, 0.717) is 10.6 Å². The van der Waals surface area contributed by atoms with Crippen molar-refractivity contribution < 1.29 is 4.79 Å². The number of nitrogens with zero attached hydrogens (tertiary/aromatic N) is 1. The van der Waals surface area contributed by atoms with Crippen LogP contribution >= 0.6 is 11.3 Å². The Morgan fingerprint density at radius 2 is 2.37 bits per heavy atom. The Morgan fingerprint density at radius 1 is 1.58 bits per heavy atom. The van der Waals surface area contributed by atoms with E-state index in [4.69, 9.17) is 5.73 Å². The van der Waals surface area contributed by atoms with E-state index in [0.717, 1.165) is 34.7 Å². The third-order valence-electron chi connectivity index (χ3n) is 3.58. The van der Waals surface area contributed by atoms with Gasteiger partial charge in [0.25, 0.3) is 5.91 Å². The number of amides is 1. The van der Waals surface area contributed by atoms with E-state index in [1.165, 1.54) is 24.2 Å². The Hall–Kier alpha value is -1.62. The lowest BCUT2D eigenvalue weighted by Gasteiger charge is -2.03. The van der Waals surface area contributed by atoms with E-state index in [2.05, 4.69) is 10.3 Å². The van der Waals surface area contributed by atoms with Crippen molar-refractivity contribution in [2.45, 2.75) is 26.2 Å². The molecule has 3 N–H and O–H groups in total. The smallest absolute Gasteiger partial charge is 0.263 e. The molecule has 2 aromatic rings. The summed E-state index contributed by atoms with van der Waals surface area (Å²) in [4.78, 5) is 17.9. The van der Waals surface area contributed by atoms with Crippen LogP contribution in [0, 0.1) is 12.8 Å². The molecule has 0 aliphatic heterocycles. The van der Waals surface area contributed by atoms with Crippen LogP contribution in [0.4, 0.5) is 5.69 Å². The molecule has 2 aromatic heterocycles. The fourth-order valence-corrected chi connectivity index (χ4v) is 3.31. The maximum atomic E-state index is 12.1. The Labute approximate surface area is 116 Å². The number of aryl methyl sites for hydroxylation is 1. The minimum absolute atomic E-state index is 0.0689. The molecular weight excluding hydrogens is 258 g/mol. The van der Waals surface area contributed by atoms with Crippen LogP contribution in [0.1, 0.15) is 34.5 Å². The fourth-order valence-electron chi connectivity index (χ4n) is 2.25. The SMILES string of the molecule is Cc1ccnc2sc(C(=O)NCCC3CC3)c(N)c12. The van der Waals surface area contributed by atoms with Gasteiger partial charge in [0.1, 0.15) is 9.71 Å². The Kier molecular flexibility index (Phi) is 3.14. The highest BCUT2D eigenvalue weighted by molar-refractivity contribution is 7.21. The number of hydrogen-bond donors (Lipinski definition) is 2. The van der Waals surface area contributed by atoms with Crippen LogP contribution in [-0.2, 0) is 0 Å². The van der Waals surface area contributed by atoms with E-state index in [-0.39, 0.29) is 5.91 Å². The molecular formula is C14H17N3OS. The van der Waals surface area contributed by atoms with Crippen molar-refractivity contribution in [1.29, 1.82) is 0 Å². The summed E-state index contributed by atoms with van der Waals surface area (Å²) in [6, 6.07) is 1.92. The number of thiophene rings is 1. The highest BCUT2D eigenvalue weighted by Gasteiger charge is 2.22. The van der Waals surface area contributed by atoms with Gasteiger partial charge in [-0.2, -0.15) is 0 Å². The topological polar surface area (TPSA) is 68.0 Å². The van der Waals surface area contributed by atoms with Crippen LogP contribution in [0.25, 0.3) is 10.2 Å². The Balaban J connectivity index is 1.81. The number of anilines is 1. The van der Waals surface area contributed by atoms with Crippen molar-refractivity contribution in [3.63, 3.8) is 0 Å². The average molecular weight is 275 g/mol. The largest absolute Gasteiger partial charge is 0.397 e. The molecule has 1 saturated carbocycles. The van der Waals surface area contributed by atoms with Crippen molar-refractivity contribution >= 4 is 33.1 Å². The van der Waals surface area contributed by atoms with Crippen molar-refractivity contribution in [3.8, 4) is 0 Å². The normalized spacial score (nSPS) is 14.8. The Bertz CT molecular complexity index is 631. The molecule has 1 fully saturated rings. The minimum Gasteiger partial charge on any atom is -0.397 e. The number of nitrogen functional groups attached to an aromatic ring is 1. The monoisotopic (exact) mass is 275 g/mol. The number of aromatic nitrogens is 1. The number of carbonyl (C=O) groups is 1. The second-order valence-electron chi connectivity index (χ2n) is 5.14. The van der Waals surface area contributed by atoms with E-state index >= 15 is 0 Å². The predicted octanol–water partition coefficient (Wildman–Crippen LogP) is 2.72. The van der Waals surface area contributed by atoms with Gasteiger partial charge in [-0.25, -0.2) is 4.98 Å². The van der Waals surface area contributed by atoms with Gasteiger partial charge in [-0.15, -0.1) is 11.3 Å². The summed E-state index contributed by atoms with van der Waals surface area (Å²) < 4.78 is 0. The first kappa shape index (κ1) is 12.4. The van der Waals surface area contributed by atoms with Gasteiger partial charge in [0.2, 0.25) is 0 Å². The van der Waals surface area contributed by atoms with Crippen LogP contribution in [0.5, 0.6) is 0 Å². The zero-order valence-electron chi connectivity index (χ0n) is 10.9. The summed E-state index contributed by atoms with van der Waals surface area (Å²) in [5.41, 5.74) is 7.72. The number of nitrogens with two attached hydrogens (primary N) is 1. The average Bonchev–Trinajstić information content (AvgIpc) is 3.13. The maximum Gasteiger partial charge on any atom is 0.263 e. The second-order valence-corrected chi connectivity index (χ2v) is 6.14. The molecule has 0 aromatic carbocycles. The van der Waals surface area contributed by atoms with Gasteiger partial charge >= 0.3 is 0 Å². The summed E-state index contributed by atoms with van der Waals surface area (Å²) in [5, 5.41) is 3.87. The Morgan fingerprint density at radius 3 is 3.05 bits per heavy atom. The van der Waals surface area contributed by atoms with Gasteiger partial charge in [0, 0.05) is 18.1 Å². The molecule has 3 rings (SSSR count). The third kappa shape index (κ3) is 2.42. The van der Waals surface area contributed by atoms with Crippen LogP contribution in [0.15, 0.2) is 12.3 Å². The van der Waals surface area contributed by atoms with Gasteiger partial charge < -0.3 is 11.1 Å². The molecule has 100 valence electrons. The number of carbonyl (C=O) groups excluding carboxylic acids is 1. The molecule has 19 heavy (non-hydrogen) atoms. The first-order chi connectivity index (χ1) is 9.16. The maximum absolute atomic E-state index is 12.1. The number of hydrogen-bond acceptors (Lipinski definition) is 4. The van der Waals surface area contributed by atoms with E-state index < -0.39 is 0 Å². The lowest BCUT2D eigenvalue weighted by Crippen LogP contribution is -2.24. The van der Waals surface area contributed by atoms with E-state index in [1.807, 2.05) is 13.0 Å². The summed E-state index contributed by atoms with van der Waals surface area (Å²) in [6.07, 6.45) is 5.45. The summed E-state index contributed by atoms with van der Waals surface area (Å²) in [7, 11) is 0. The zero-order valence-corrected chi connectivity index (χ0v) is 11.7. The highest BCUT2D eigenvalue weighted by atomic mass is 32.1. The van der Waals surface area contributed by atoms with Gasteiger partial charge in [0.05, 0.1) is 5.69 Å². The van der Waals surface area contributed by atoms with Gasteiger partial charge in [-0.1, -0.05) is 12.8 Å². The van der Waals surface area contributed by atoms with Crippen molar-refractivity contribution in [2.75, 3.05) is 12.3 Å². The van der Waals surface area contributed by atoms with E-state index in [1.54, 1.807) is 6.20 Å². The molecule has 0 bridgehead atoms. The second kappa shape index (κ2) is 4.81. The molecule has 0 radical (unpaired) electrons. The van der Waals surface area contributed by atoms with Crippen LogP contribution < -0.4 is 11.1 Å². The molecule has 0 spiro atoms. The first-order valence-corrected chi connectivity index (χ1v) is 7.40. The number of pyridine rings is 1. The lowest BCUT2D eigenvalue weighted by molar-refractivity contribution is 0.0957. The van der Waals surface area contributed by atoms with Crippen LogP contribution in [0.3, 0.4) is 0 Å². The summed E-state index contributed by atoms with van der Waals surface area (Å²) in [5.74, 6) is 0.754.